The molecular weight excluding hydrogens is 279 g/mol. The first-order chi connectivity index (χ1) is 8.16. The Balaban J connectivity index is 2.15. The maximum absolute atomic E-state index is 6.05. The van der Waals surface area contributed by atoms with Gasteiger partial charge in [-0.15, -0.1) is 0 Å². The fourth-order valence-electron chi connectivity index (χ4n) is 1.40. The molecule has 0 aliphatic heterocycles. The minimum Gasteiger partial charge on any atom is -0.378 e. The van der Waals surface area contributed by atoms with Crippen LogP contribution in [0.5, 0.6) is 0 Å². The van der Waals surface area contributed by atoms with Gasteiger partial charge in [-0.2, -0.15) is 0 Å². The minimum atomic E-state index is 0.506. The summed E-state index contributed by atoms with van der Waals surface area (Å²) in [5.74, 6) is 0. The Morgan fingerprint density at radius 3 is 2.41 bits per heavy atom. The molecule has 0 unspecified atom stereocenters. The average molecular weight is 288 g/mol. The van der Waals surface area contributed by atoms with Gasteiger partial charge in [-0.05, 0) is 23.8 Å². The summed E-state index contributed by atoms with van der Waals surface area (Å²) in [5, 5.41) is 4.69. The molecule has 1 aromatic heterocycles. The smallest absolute Gasteiger partial charge is 0.0722 e. The van der Waals surface area contributed by atoms with Crippen molar-refractivity contribution in [1.29, 1.82) is 0 Å². The minimum absolute atomic E-state index is 0.506. The largest absolute Gasteiger partial charge is 0.378 e. The molecule has 1 N–H and O–H groups in total. The molecule has 0 atom stereocenters. The number of benzene rings is 1. The van der Waals surface area contributed by atoms with E-state index >= 15 is 0 Å². The number of anilines is 1. The van der Waals surface area contributed by atoms with Crippen LogP contribution in [-0.4, -0.2) is 4.98 Å². The predicted molar refractivity (Wildman–Crippen MR) is 73.0 cm³/mol. The summed E-state index contributed by atoms with van der Waals surface area (Å²) in [5.41, 5.74) is 1.73. The Morgan fingerprint density at radius 2 is 1.82 bits per heavy atom. The zero-order valence-corrected chi connectivity index (χ0v) is 11.0. The third-order valence-electron chi connectivity index (χ3n) is 2.20. The lowest BCUT2D eigenvalue weighted by Gasteiger charge is -2.10. The zero-order valence-electron chi connectivity index (χ0n) is 8.75. The highest BCUT2D eigenvalue weighted by molar-refractivity contribution is 6.41. The first kappa shape index (κ1) is 12.5. The Hall–Kier alpha value is -0.960. The number of halogens is 3. The van der Waals surface area contributed by atoms with Crippen LogP contribution in [0.2, 0.25) is 15.1 Å². The molecule has 0 fully saturated rings. The molecule has 2 nitrogen and oxygen atoms in total. The van der Waals surface area contributed by atoms with Gasteiger partial charge in [0.15, 0.2) is 0 Å². The van der Waals surface area contributed by atoms with E-state index in [4.69, 9.17) is 34.8 Å². The Labute approximate surface area is 115 Å². The van der Waals surface area contributed by atoms with Crippen molar-refractivity contribution < 1.29 is 0 Å². The van der Waals surface area contributed by atoms with E-state index in [-0.39, 0.29) is 0 Å². The maximum atomic E-state index is 6.05. The number of hydrogen-bond acceptors (Lipinski definition) is 2. The van der Waals surface area contributed by atoms with Crippen molar-refractivity contribution in [3.05, 3.63) is 57.3 Å². The van der Waals surface area contributed by atoms with Crippen LogP contribution in [0.1, 0.15) is 5.56 Å². The third kappa shape index (κ3) is 3.25. The lowest BCUT2D eigenvalue weighted by Crippen LogP contribution is -2.00. The van der Waals surface area contributed by atoms with Crippen molar-refractivity contribution >= 4 is 40.5 Å². The summed E-state index contributed by atoms with van der Waals surface area (Å²) in [6, 6.07) is 7.15. The van der Waals surface area contributed by atoms with Crippen molar-refractivity contribution in [2.24, 2.45) is 0 Å². The molecular formula is C12H9Cl3N2. The van der Waals surface area contributed by atoms with Gasteiger partial charge in [-0.1, -0.05) is 40.9 Å². The van der Waals surface area contributed by atoms with Crippen molar-refractivity contribution in [2.75, 3.05) is 5.32 Å². The molecule has 2 rings (SSSR count). The number of nitrogens with zero attached hydrogens (tertiary/aromatic N) is 1. The van der Waals surface area contributed by atoms with Crippen molar-refractivity contribution in [1.82, 2.24) is 4.98 Å². The fourth-order valence-corrected chi connectivity index (χ4v) is 2.35. The van der Waals surface area contributed by atoms with Crippen LogP contribution in [0.25, 0.3) is 0 Å². The predicted octanol–water partition coefficient (Wildman–Crippen LogP) is 4.65. The average Bonchev–Trinajstić information content (AvgIpc) is 2.29. The molecule has 0 amide bonds. The second-order valence-electron chi connectivity index (χ2n) is 3.46. The molecule has 2 aromatic rings. The van der Waals surface area contributed by atoms with Crippen LogP contribution in [0.3, 0.4) is 0 Å². The molecule has 0 radical (unpaired) electrons. The fraction of sp³-hybridized carbons (Fsp3) is 0.0833. The number of pyridine rings is 1. The van der Waals surface area contributed by atoms with Gasteiger partial charge in [0.05, 0.1) is 15.7 Å². The third-order valence-corrected chi connectivity index (χ3v) is 3.01. The van der Waals surface area contributed by atoms with Gasteiger partial charge in [0.2, 0.25) is 0 Å². The molecule has 17 heavy (non-hydrogen) atoms. The lowest BCUT2D eigenvalue weighted by molar-refractivity contribution is 1.11. The van der Waals surface area contributed by atoms with Crippen molar-refractivity contribution in [2.45, 2.75) is 6.54 Å². The second-order valence-corrected chi connectivity index (χ2v) is 4.71. The molecule has 1 aromatic carbocycles. The summed E-state index contributed by atoms with van der Waals surface area (Å²) in [6.07, 6.45) is 3.51. The molecule has 88 valence electrons. The highest BCUT2D eigenvalue weighted by Gasteiger charge is 2.07. The molecule has 0 spiro atoms. The van der Waals surface area contributed by atoms with Gasteiger partial charge in [-0.25, -0.2) is 0 Å². The monoisotopic (exact) mass is 286 g/mol. The summed E-state index contributed by atoms with van der Waals surface area (Å²) >= 11 is 17.9. The van der Waals surface area contributed by atoms with Gasteiger partial charge < -0.3 is 5.32 Å². The van der Waals surface area contributed by atoms with E-state index in [1.165, 1.54) is 0 Å². The number of aromatic nitrogens is 1. The van der Waals surface area contributed by atoms with E-state index in [0.29, 0.717) is 27.3 Å². The molecule has 1 heterocycles. The van der Waals surface area contributed by atoms with Crippen LogP contribution in [0, 0.1) is 0 Å². The van der Waals surface area contributed by atoms with Gasteiger partial charge in [0, 0.05) is 24.0 Å². The van der Waals surface area contributed by atoms with Gasteiger partial charge in [0.1, 0.15) is 0 Å². The number of rotatable bonds is 3. The summed E-state index contributed by atoms with van der Waals surface area (Å²) < 4.78 is 0. The van der Waals surface area contributed by atoms with Crippen LogP contribution in [0.15, 0.2) is 36.7 Å². The zero-order chi connectivity index (χ0) is 12.3. The van der Waals surface area contributed by atoms with Gasteiger partial charge in [0.25, 0.3) is 0 Å². The van der Waals surface area contributed by atoms with E-state index in [0.717, 1.165) is 5.56 Å². The van der Waals surface area contributed by atoms with Gasteiger partial charge >= 0.3 is 0 Å². The Bertz CT molecular complexity index is 491. The highest BCUT2D eigenvalue weighted by Crippen LogP contribution is 2.33. The van der Waals surface area contributed by atoms with E-state index in [9.17, 15) is 0 Å². The first-order valence-electron chi connectivity index (χ1n) is 4.94. The van der Waals surface area contributed by atoms with Crippen molar-refractivity contribution in [3.63, 3.8) is 0 Å². The SMILES string of the molecule is Clc1cc(Cl)c(NCc2cccnc2)c(Cl)c1. The second kappa shape index (κ2) is 5.58. The topological polar surface area (TPSA) is 24.9 Å². The number of hydrogen-bond donors (Lipinski definition) is 1. The number of nitrogens with one attached hydrogen (secondary N) is 1. The van der Waals surface area contributed by atoms with E-state index < -0.39 is 0 Å². The van der Waals surface area contributed by atoms with E-state index in [1.807, 2.05) is 12.1 Å². The van der Waals surface area contributed by atoms with E-state index in [2.05, 4.69) is 10.3 Å². The molecule has 0 saturated heterocycles. The molecule has 0 saturated carbocycles. The standard InChI is InChI=1S/C12H9Cl3N2/c13-9-4-10(14)12(11(15)5-9)17-7-8-2-1-3-16-6-8/h1-6,17H,7H2. The normalized spacial score (nSPS) is 10.3. The van der Waals surface area contributed by atoms with Crippen LogP contribution in [-0.2, 0) is 6.54 Å². The van der Waals surface area contributed by atoms with Gasteiger partial charge in [-0.3, -0.25) is 4.98 Å². The summed E-state index contributed by atoms with van der Waals surface area (Å²) in [4.78, 5) is 4.03. The molecule has 5 heteroatoms. The summed E-state index contributed by atoms with van der Waals surface area (Å²) in [7, 11) is 0. The van der Waals surface area contributed by atoms with Crippen LogP contribution >= 0.6 is 34.8 Å². The molecule has 0 bridgehead atoms. The Kier molecular flexibility index (Phi) is 4.11. The quantitative estimate of drug-likeness (QED) is 0.888. The van der Waals surface area contributed by atoms with Crippen molar-refractivity contribution in [3.8, 4) is 0 Å². The van der Waals surface area contributed by atoms with E-state index in [1.54, 1.807) is 24.5 Å². The first-order valence-corrected chi connectivity index (χ1v) is 6.07. The highest BCUT2D eigenvalue weighted by atomic mass is 35.5. The molecule has 0 aliphatic rings. The summed E-state index contributed by atoms with van der Waals surface area (Å²) in [6.45, 7) is 0.606. The van der Waals surface area contributed by atoms with Crippen LogP contribution in [0.4, 0.5) is 5.69 Å². The van der Waals surface area contributed by atoms with Crippen LogP contribution < -0.4 is 5.32 Å². The molecule has 0 aliphatic carbocycles. The Morgan fingerprint density at radius 1 is 1.12 bits per heavy atom. The lowest BCUT2D eigenvalue weighted by atomic mass is 10.2. The maximum Gasteiger partial charge on any atom is 0.0722 e.